The van der Waals surface area contributed by atoms with Gasteiger partial charge < -0.3 is 5.32 Å². The molecule has 1 N–H and O–H groups in total. The van der Waals surface area contributed by atoms with Crippen LogP contribution < -0.4 is 5.32 Å². The van der Waals surface area contributed by atoms with Crippen molar-refractivity contribution in [2.45, 2.75) is 13.8 Å². The number of hydrogen-bond acceptors (Lipinski definition) is 2. The SMILES string of the molecule is CC(C)(C#N)C(=O)Nc1c(Cl)cc(Cl)cc1Cl. The Kier molecular flexibility index (Phi) is 4.26. The molecular formula is C11H9Cl3N2O. The molecule has 0 aliphatic rings. The predicted molar refractivity (Wildman–Crippen MR) is 69.5 cm³/mol. The Balaban J connectivity index is 3.06. The topological polar surface area (TPSA) is 52.9 Å². The second kappa shape index (κ2) is 5.14. The van der Waals surface area contributed by atoms with Gasteiger partial charge in [0, 0.05) is 5.02 Å². The molecule has 0 heterocycles. The number of nitrogens with one attached hydrogen (secondary N) is 1. The number of halogens is 3. The fraction of sp³-hybridized carbons (Fsp3) is 0.273. The molecule has 0 unspecified atom stereocenters. The van der Waals surface area contributed by atoms with Crippen LogP contribution in [0.15, 0.2) is 12.1 Å². The van der Waals surface area contributed by atoms with Crippen molar-refractivity contribution < 1.29 is 4.79 Å². The van der Waals surface area contributed by atoms with Crippen LogP contribution in [0.1, 0.15) is 13.8 Å². The fourth-order valence-corrected chi connectivity index (χ4v) is 1.89. The van der Waals surface area contributed by atoms with E-state index in [1.54, 1.807) is 0 Å². The number of benzene rings is 1. The molecule has 1 amide bonds. The van der Waals surface area contributed by atoms with Gasteiger partial charge in [0.1, 0.15) is 5.41 Å². The molecule has 0 bridgehead atoms. The van der Waals surface area contributed by atoms with Crippen molar-refractivity contribution in [3.8, 4) is 6.07 Å². The summed E-state index contributed by atoms with van der Waals surface area (Å²) in [5.41, 5.74) is -0.905. The van der Waals surface area contributed by atoms with Crippen LogP contribution in [0, 0.1) is 16.7 Å². The summed E-state index contributed by atoms with van der Waals surface area (Å²) in [5.74, 6) is -0.480. The summed E-state index contributed by atoms with van der Waals surface area (Å²) >= 11 is 17.6. The number of anilines is 1. The van der Waals surface area contributed by atoms with Crippen LogP contribution in [0.25, 0.3) is 0 Å². The van der Waals surface area contributed by atoms with Crippen LogP contribution in [0.3, 0.4) is 0 Å². The molecule has 0 saturated carbocycles. The van der Waals surface area contributed by atoms with E-state index in [4.69, 9.17) is 40.1 Å². The Morgan fingerprint density at radius 2 is 1.76 bits per heavy atom. The average Bonchev–Trinajstić information content (AvgIpc) is 2.22. The molecule has 1 aromatic rings. The zero-order valence-corrected chi connectivity index (χ0v) is 11.4. The summed E-state index contributed by atoms with van der Waals surface area (Å²) in [5, 5.41) is 12.2. The maximum atomic E-state index is 11.8. The van der Waals surface area contributed by atoms with Gasteiger partial charge in [-0.15, -0.1) is 0 Å². The standard InChI is InChI=1S/C11H9Cl3N2O/c1-11(2,5-15)10(17)16-9-7(13)3-6(12)4-8(9)14/h3-4H,1-2H3,(H,16,17). The summed E-state index contributed by atoms with van der Waals surface area (Å²) in [4.78, 5) is 11.8. The number of hydrogen-bond donors (Lipinski definition) is 1. The average molecular weight is 292 g/mol. The van der Waals surface area contributed by atoms with Gasteiger partial charge in [0.2, 0.25) is 5.91 Å². The zero-order valence-electron chi connectivity index (χ0n) is 9.14. The monoisotopic (exact) mass is 290 g/mol. The largest absolute Gasteiger partial charge is 0.322 e. The molecule has 1 rings (SSSR count). The van der Waals surface area contributed by atoms with E-state index < -0.39 is 11.3 Å². The van der Waals surface area contributed by atoms with Gasteiger partial charge in [0.15, 0.2) is 0 Å². The lowest BCUT2D eigenvalue weighted by Gasteiger charge is -2.16. The van der Waals surface area contributed by atoms with E-state index in [2.05, 4.69) is 5.32 Å². The highest BCUT2D eigenvalue weighted by atomic mass is 35.5. The number of carbonyl (C=O) groups excluding carboxylic acids is 1. The van der Waals surface area contributed by atoms with Gasteiger partial charge in [-0.1, -0.05) is 34.8 Å². The van der Waals surface area contributed by atoms with Crippen LogP contribution in [-0.4, -0.2) is 5.91 Å². The molecular weight excluding hydrogens is 282 g/mol. The highest BCUT2D eigenvalue weighted by Gasteiger charge is 2.28. The normalized spacial score (nSPS) is 10.8. The lowest BCUT2D eigenvalue weighted by atomic mass is 9.94. The van der Waals surface area contributed by atoms with E-state index in [1.807, 2.05) is 6.07 Å². The van der Waals surface area contributed by atoms with Gasteiger partial charge in [0.05, 0.1) is 21.8 Å². The predicted octanol–water partition coefficient (Wildman–Crippen LogP) is 4.14. The molecule has 0 atom stereocenters. The van der Waals surface area contributed by atoms with Gasteiger partial charge in [-0.2, -0.15) is 5.26 Å². The first-order chi connectivity index (χ1) is 7.77. The van der Waals surface area contributed by atoms with Gasteiger partial charge in [-0.05, 0) is 26.0 Å². The Bertz CT molecular complexity index is 483. The second-order valence-corrected chi connectivity index (χ2v) is 5.19. The molecule has 0 fully saturated rings. The van der Waals surface area contributed by atoms with Crippen LogP contribution in [-0.2, 0) is 4.79 Å². The van der Waals surface area contributed by atoms with E-state index in [0.717, 1.165) is 0 Å². The minimum Gasteiger partial charge on any atom is -0.322 e. The Morgan fingerprint density at radius 3 is 2.18 bits per heavy atom. The molecule has 0 aliphatic carbocycles. The summed E-state index contributed by atoms with van der Waals surface area (Å²) < 4.78 is 0. The third kappa shape index (κ3) is 3.26. The van der Waals surface area contributed by atoms with Gasteiger partial charge in [-0.3, -0.25) is 4.79 Å². The highest BCUT2D eigenvalue weighted by molar-refractivity contribution is 6.42. The fourth-order valence-electron chi connectivity index (χ4n) is 0.982. The smallest absolute Gasteiger partial charge is 0.244 e. The Labute approximate surface area is 114 Å². The van der Waals surface area contributed by atoms with Crippen LogP contribution in [0.5, 0.6) is 0 Å². The first kappa shape index (κ1) is 14.1. The van der Waals surface area contributed by atoms with Crippen molar-refractivity contribution in [3.05, 3.63) is 27.2 Å². The Morgan fingerprint density at radius 1 is 1.29 bits per heavy atom. The molecule has 1 aromatic carbocycles. The van der Waals surface area contributed by atoms with Crippen molar-refractivity contribution in [2.75, 3.05) is 5.32 Å². The van der Waals surface area contributed by atoms with E-state index in [9.17, 15) is 4.79 Å². The van der Waals surface area contributed by atoms with Crippen molar-refractivity contribution in [1.82, 2.24) is 0 Å². The van der Waals surface area contributed by atoms with Crippen molar-refractivity contribution in [1.29, 1.82) is 5.26 Å². The molecule has 90 valence electrons. The maximum absolute atomic E-state index is 11.8. The number of nitrogens with zero attached hydrogens (tertiary/aromatic N) is 1. The third-order valence-corrected chi connectivity index (χ3v) is 2.91. The van der Waals surface area contributed by atoms with Gasteiger partial charge in [0.25, 0.3) is 0 Å². The van der Waals surface area contributed by atoms with Crippen molar-refractivity contribution >= 4 is 46.4 Å². The molecule has 0 aliphatic heterocycles. The van der Waals surface area contributed by atoms with E-state index >= 15 is 0 Å². The lowest BCUT2D eigenvalue weighted by Crippen LogP contribution is -2.29. The molecule has 6 heteroatoms. The second-order valence-electron chi connectivity index (χ2n) is 3.94. The van der Waals surface area contributed by atoms with Crippen LogP contribution >= 0.6 is 34.8 Å². The molecule has 0 saturated heterocycles. The summed E-state index contributed by atoms with van der Waals surface area (Å²) in [6, 6.07) is 4.81. The molecule has 0 spiro atoms. The highest BCUT2D eigenvalue weighted by Crippen LogP contribution is 2.34. The van der Waals surface area contributed by atoms with Crippen molar-refractivity contribution in [3.63, 3.8) is 0 Å². The minimum atomic E-state index is -1.16. The molecule has 0 radical (unpaired) electrons. The summed E-state index contributed by atoms with van der Waals surface area (Å²) in [6.07, 6.45) is 0. The zero-order chi connectivity index (χ0) is 13.2. The molecule has 17 heavy (non-hydrogen) atoms. The van der Waals surface area contributed by atoms with Gasteiger partial charge in [-0.25, -0.2) is 0 Å². The molecule has 3 nitrogen and oxygen atoms in total. The van der Waals surface area contributed by atoms with Gasteiger partial charge >= 0.3 is 0 Å². The van der Waals surface area contributed by atoms with Crippen molar-refractivity contribution in [2.24, 2.45) is 5.41 Å². The van der Waals surface area contributed by atoms with E-state index in [0.29, 0.717) is 5.02 Å². The summed E-state index contributed by atoms with van der Waals surface area (Å²) in [6.45, 7) is 3.00. The first-order valence-corrected chi connectivity index (χ1v) is 5.78. The van der Waals surface area contributed by atoms with E-state index in [1.165, 1.54) is 26.0 Å². The van der Waals surface area contributed by atoms with Crippen LogP contribution in [0.2, 0.25) is 15.1 Å². The quantitative estimate of drug-likeness (QED) is 0.890. The molecule has 0 aromatic heterocycles. The lowest BCUT2D eigenvalue weighted by molar-refractivity contribution is -0.121. The van der Waals surface area contributed by atoms with E-state index in [-0.39, 0.29) is 15.7 Å². The Hall–Kier alpha value is -0.950. The summed E-state index contributed by atoms with van der Waals surface area (Å²) in [7, 11) is 0. The first-order valence-electron chi connectivity index (χ1n) is 4.65. The van der Waals surface area contributed by atoms with Crippen LogP contribution in [0.4, 0.5) is 5.69 Å². The third-order valence-electron chi connectivity index (χ3n) is 2.09. The minimum absolute atomic E-state index is 0.226. The number of amides is 1. The number of carbonyl (C=O) groups is 1. The number of rotatable bonds is 2. The maximum Gasteiger partial charge on any atom is 0.244 e. The number of nitriles is 1.